The topological polar surface area (TPSA) is 12.5 Å². The number of ether oxygens (including phenoxy) is 1. The van der Waals surface area contributed by atoms with Gasteiger partial charge in [-0.25, -0.2) is 0 Å². The normalized spacial score (nSPS) is 16.7. The molecule has 2 atom stereocenters. The zero-order valence-electron chi connectivity index (χ0n) is 32.1. The molecule has 272 valence electrons. The van der Waals surface area contributed by atoms with E-state index < -0.39 is 0 Å². The highest BCUT2D eigenvalue weighted by Crippen LogP contribution is 2.55. The quantitative estimate of drug-likeness (QED) is 0.179. The van der Waals surface area contributed by atoms with Crippen LogP contribution in [0.3, 0.4) is 0 Å². The van der Waals surface area contributed by atoms with Gasteiger partial charge in [0, 0.05) is 28.1 Å². The first-order chi connectivity index (χ1) is 28.1. The average Bonchev–Trinajstić information content (AvgIpc) is 3.52. The van der Waals surface area contributed by atoms with Gasteiger partial charge in [0.1, 0.15) is 6.10 Å². The highest BCUT2D eigenvalue weighted by molar-refractivity contribution is 6.06. The van der Waals surface area contributed by atoms with E-state index in [4.69, 9.17) is 4.74 Å². The highest BCUT2D eigenvalue weighted by Gasteiger charge is 2.37. The molecule has 8 aromatic carbocycles. The molecule has 0 saturated carbocycles. The predicted molar refractivity (Wildman–Crippen MR) is 238 cm³/mol. The third-order valence-electron chi connectivity index (χ3n) is 12.4. The van der Waals surface area contributed by atoms with Crippen LogP contribution in [0, 0.1) is 0 Å². The van der Waals surface area contributed by atoms with Crippen LogP contribution in [0.5, 0.6) is 5.75 Å². The van der Waals surface area contributed by atoms with Crippen LogP contribution < -0.4 is 9.64 Å². The van der Waals surface area contributed by atoms with Crippen LogP contribution in [0.4, 0.5) is 17.1 Å². The molecule has 0 N–H and O–H groups in total. The van der Waals surface area contributed by atoms with E-state index in [1.165, 1.54) is 60.8 Å². The van der Waals surface area contributed by atoms with Crippen molar-refractivity contribution in [2.24, 2.45) is 0 Å². The Hall–Kier alpha value is -6.90. The number of hydrogen-bond acceptors (Lipinski definition) is 2. The highest BCUT2D eigenvalue weighted by atomic mass is 16.5. The molecule has 2 unspecified atom stereocenters. The Labute approximate surface area is 334 Å². The van der Waals surface area contributed by atoms with Crippen molar-refractivity contribution in [2.45, 2.75) is 31.3 Å². The average molecular weight is 732 g/mol. The van der Waals surface area contributed by atoms with E-state index in [0.29, 0.717) is 0 Å². The number of fused-ring (bicyclic) bond motifs is 11. The number of nitrogens with zero attached hydrogens (tertiary/aromatic N) is 1. The Morgan fingerprint density at radius 2 is 1.16 bits per heavy atom. The Bertz CT molecular complexity index is 2930. The number of anilines is 3. The molecule has 1 heterocycles. The zero-order valence-corrected chi connectivity index (χ0v) is 32.1. The lowest BCUT2D eigenvalue weighted by Crippen LogP contribution is -2.25. The van der Waals surface area contributed by atoms with Crippen LogP contribution >= 0.6 is 0 Å². The standard InChI is InChI=1S/C55H41NO/c1-55(2)48-28-14-12-25-44(48)45-33-32-38(35-49(45)55)56(50-34-31-36-17-6-7-20-39(36)53(50)37-18-4-3-5-19-37)51-29-16-27-47-43-24-11-9-22-41(43)40-21-8-10-23-42(40)46-26-13-15-30-52(46)57-54(47)51/h3-35,46,52H,1-2H3. The second kappa shape index (κ2) is 13.1. The summed E-state index contributed by atoms with van der Waals surface area (Å²) in [6.45, 7) is 4.72. The van der Waals surface area contributed by atoms with Gasteiger partial charge >= 0.3 is 0 Å². The van der Waals surface area contributed by atoms with Gasteiger partial charge in [0.15, 0.2) is 5.75 Å². The van der Waals surface area contributed by atoms with Gasteiger partial charge in [0.05, 0.1) is 11.4 Å². The zero-order chi connectivity index (χ0) is 38.1. The van der Waals surface area contributed by atoms with Gasteiger partial charge in [-0.15, -0.1) is 0 Å². The first-order valence-electron chi connectivity index (χ1n) is 20.0. The fraction of sp³-hybridized carbons (Fsp3) is 0.0909. The molecule has 0 bridgehead atoms. The molecule has 3 aliphatic rings. The second-order valence-corrected chi connectivity index (χ2v) is 15.9. The maximum absolute atomic E-state index is 7.53. The molecule has 0 spiro atoms. The monoisotopic (exact) mass is 731 g/mol. The van der Waals surface area contributed by atoms with Crippen molar-refractivity contribution in [3.63, 3.8) is 0 Å². The molecule has 0 fully saturated rings. The number of benzene rings is 8. The molecule has 0 radical (unpaired) electrons. The van der Waals surface area contributed by atoms with Crippen LogP contribution in [-0.4, -0.2) is 6.10 Å². The Kier molecular flexibility index (Phi) is 7.69. The minimum absolute atomic E-state index is 0.0339. The molecule has 11 rings (SSSR count). The van der Waals surface area contributed by atoms with Crippen molar-refractivity contribution in [1.82, 2.24) is 0 Å². The largest absolute Gasteiger partial charge is 0.483 e. The van der Waals surface area contributed by atoms with Gasteiger partial charge < -0.3 is 9.64 Å². The minimum Gasteiger partial charge on any atom is -0.483 e. The Morgan fingerprint density at radius 3 is 2.02 bits per heavy atom. The van der Waals surface area contributed by atoms with Gasteiger partial charge in [-0.05, 0) is 91.2 Å². The number of para-hydroxylation sites is 1. The molecule has 0 aromatic heterocycles. The maximum Gasteiger partial charge on any atom is 0.152 e. The summed E-state index contributed by atoms with van der Waals surface area (Å²) in [5.74, 6) is 0.898. The van der Waals surface area contributed by atoms with Gasteiger partial charge in [-0.3, -0.25) is 0 Å². The fourth-order valence-electron chi connectivity index (χ4n) is 9.73. The molecule has 2 heteroatoms. The lowest BCUT2D eigenvalue weighted by atomic mass is 9.82. The summed E-state index contributed by atoms with van der Waals surface area (Å²) < 4.78 is 7.53. The van der Waals surface area contributed by atoms with Gasteiger partial charge in [-0.1, -0.05) is 184 Å². The number of rotatable bonds is 4. The van der Waals surface area contributed by atoms with Crippen molar-refractivity contribution in [3.05, 3.63) is 217 Å². The Balaban J connectivity index is 1.23. The first-order valence-corrected chi connectivity index (χ1v) is 20.0. The summed E-state index contributed by atoms with van der Waals surface area (Å²) in [6.07, 6.45) is 8.60. The van der Waals surface area contributed by atoms with E-state index in [1.54, 1.807) is 0 Å². The van der Waals surface area contributed by atoms with Crippen molar-refractivity contribution in [2.75, 3.05) is 4.90 Å². The molecule has 2 nitrogen and oxygen atoms in total. The third kappa shape index (κ3) is 5.25. The molecule has 57 heavy (non-hydrogen) atoms. The molecule has 0 amide bonds. The van der Waals surface area contributed by atoms with Crippen molar-refractivity contribution < 1.29 is 4.74 Å². The second-order valence-electron chi connectivity index (χ2n) is 15.9. The van der Waals surface area contributed by atoms with E-state index in [0.717, 1.165) is 33.9 Å². The van der Waals surface area contributed by atoms with Gasteiger partial charge in [-0.2, -0.15) is 0 Å². The maximum atomic E-state index is 7.53. The minimum atomic E-state index is -0.217. The van der Waals surface area contributed by atoms with Crippen LogP contribution in [0.15, 0.2) is 200 Å². The SMILES string of the molecule is CC1(C)c2ccccc2-c2ccc(N(c3cccc4c3OC3C=CC=CC3c3ccccc3-c3ccccc3-4)c3ccc4ccccc4c3-c3ccccc3)cc21. The summed E-state index contributed by atoms with van der Waals surface area (Å²) in [5, 5.41) is 2.41. The summed E-state index contributed by atoms with van der Waals surface area (Å²) in [7, 11) is 0. The van der Waals surface area contributed by atoms with Crippen LogP contribution in [-0.2, 0) is 5.41 Å². The molecule has 0 saturated heterocycles. The molecule has 8 aromatic rings. The molecular weight excluding hydrogens is 691 g/mol. The predicted octanol–water partition coefficient (Wildman–Crippen LogP) is 14.6. The van der Waals surface area contributed by atoms with E-state index >= 15 is 0 Å². The van der Waals surface area contributed by atoms with Crippen molar-refractivity contribution in [3.8, 4) is 50.3 Å². The summed E-state index contributed by atoms with van der Waals surface area (Å²) in [5.41, 5.74) is 16.6. The summed E-state index contributed by atoms with van der Waals surface area (Å²) in [6, 6.07) is 64.5. The van der Waals surface area contributed by atoms with E-state index in [9.17, 15) is 0 Å². The smallest absolute Gasteiger partial charge is 0.152 e. The van der Waals surface area contributed by atoms with Gasteiger partial charge in [0.2, 0.25) is 0 Å². The van der Waals surface area contributed by atoms with E-state index in [1.807, 2.05) is 0 Å². The molecule has 1 aliphatic heterocycles. The Morgan fingerprint density at radius 1 is 0.491 bits per heavy atom. The van der Waals surface area contributed by atoms with Crippen LogP contribution in [0.2, 0.25) is 0 Å². The molecular formula is C55H41NO. The summed E-state index contributed by atoms with van der Waals surface area (Å²) >= 11 is 0. The van der Waals surface area contributed by atoms with E-state index in [2.05, 4.69) is 219 Å². The van der Waals surface area contributed by atoms with Crippen molar-refractivity contribution in [1.29, 1.82) is 0 Å². The van der Waals surface area contributed by atoms with E-state index in [-0.39, 0.29) is 17.4 Å². The summed E-state index contributed by atoms with van der Waals surface area (Å²) in [4.78, 5) is 2.47. The van der Waals surface area contributed by atoms with Gasteiger partial charge in [0.25, 0.3) is 0 Å². The first kappa shape index (κ1) is 33.4. The number of allylic oxidation sites excluding steroid dienone is 2. The van der Waals surface area contributed by atoms with Crippen LogP contribution in [0.1, 0.15) is 36.5 Å². The molecule has 2 aliphatic carbocycles. The third-order valence-corrected chi connectivity index (χ3v) is 12.4. The lowest BCUT2D eigenvalue weighted by molar-refractivity contribution is 0.234. The van der Waals surface area contributed by atoms with Crippen molar-refractivity contribution >= 4 is 27.8 Å². The number of hydrogen-bond donors (Lipinski definition) is 0. The van der Waals surface area contributed by atoms with Crippen LogP contribution in [0.25, 0.3) is 55.3 Å². The lowest BCUT2D eigenvalue weighted by Gasteiger charge is -2.33. The fourth-order valence-corrected chi connectivity index (χ4v) is 9.73.